The van der Waals surface area contributed by atoms with Crippen LogP contribution < -0.4 is 0 Å². The highest BCUT2D eigenvalue weighted by Gasteiger charge is 2.51. The van der Waals surface area contributed by atoms with Gasteiger partial charge in [0, 0.05) is 0 Å². The van der Waals surface area contributed by atoms with Gasteiger partial charge in [0.2, 0.25) is 0 Å². The summed E-state index contributed by atoms with van der Waals surface area (Å²) in [4.78, 5) is 32.2. The number of amides is 2. The van der Waals surface area contributed by atoms with Gasteiger partial charge in [-0.2, -0.15) is 5.06 Å². The first kappa shape index (κ1) is 19.3. The predicted octanol–water partition coefficient (Wildman–Crippen LogP) is 4.54. The van der Waals surface area contributed by atoms with Crippen LogP contribution in [0.15, 0.2) is 72.8 Å². The Bertz CT molecular complexity index is 1150. The Kier molecular flexibility index (Phi) is 4.67. The van der Waals surface area contributed by atoms with Gasteiger partial charge in [-0.3, -0.25) is 4.84 Å². The number of carbonyl (C=O) groups excluding carboxylic acids is 1. The zero-order valence-corrected chi connectivity index (χ0v) is 16.4. The third-order valence-corrected chi connectivity index (χ3v) is 5.76. The molecular weight excluding hydrogens is 399 g/mol. The standard InChI is InChI=1S/C24H19FN2O4/c25-18-9-6-16(7-10-18)17-8-11-19-20(12-17)21-13-26(22(19)23(28)29)24(30)27(21)31-14-15-4-2-1-3-5-15/h1-12,21-22H,13-14H2,(H,28,29)/t21-,22?/m1/s1. The minimum atomic E-state index is -1.09. The van der Waals surface area contributed by atoms with Gasteiger partial charge in [-0.15, -0.1) is 0 Å². The molecule has 2 aliphatic rings. The van der Waals surface area contributed by atoms with Crippen molar-refractivity contribution in [3.05, 3.63) is 95.3 Å². The summed E-state index contributed by atoms with van der Waals surface area (Å²) in [5.74, 6) is -1.42. The number of fused-ring (bicyclic) bond motifs is 4. The lowest BCUT2D eigenvalue weighted by Crippen LogP contribution is -2.38. The van der Waals surface area contributed by atoms with Gasteiger partial charge in [0.1, 0.15) is 18.5 Å². The fraction of sp³-hybridized carbons (Fsp3) is 0.167. The SMILES string of the molecule is O=C(O)C1c2ccc(-c3ccc(F)cc3)cc2[C@H]2CN1C(=O)N2OCc1ccccc1. The van der Waals surface area contributed by atoms with Gasteiger partial charge < -0.3 is 10.0 Å². The van der Waals surface area contributed by atoms with E-state index < -0.39 is 24.1 Å². The molecule has 2 amide bonds. The molecular formula is C24H19FN2O4. The first-order valence-corrected chi connectivity index (χ1v) is 9.92. The maximum absolute atomic E-state index is 13.3. The summed E-state index contributed by atoms with van der Waals surface area (Å²) in [6.07, 6.45) is 0. The van der Waals surface area contributed by atoms with Crippen molar-refractivity contribution in [2.75, 3.05) is 6.54 Å². The average Bonchev–Trinajstić information content (AvgIpc) is 3.05. The summed E-state index contributed by atoms with van der Waals surface area (Å²) < 4.78 is 13.3. The molecule has 3 aromatic rings. The quantitative estimate of drug-likeness (QED) is 0.660. The minimum absolute atomic E-state index is 0.196. The van der Waals surface area contributed by atoms with Crippen molar-refractivity contribution in [1.82, 2.24) is 9.96 Å². The van der Waals surface area contributed by atoms with Gasteiger partial charge in [-0.25, -0.2) is 14.0 Å². The number of aliphatic carboxylic acids is 1. The molecule has 1 unspecified atom stereocenters. The molecule has 0 aliphatic carbocycles. The van der Waals surface area contributed by atoms with E-state index in [2.05, 4.69) is 0 Å². The van der Waals surface area contributed by atoms with E-state index >= 15 is 0 Å². The zero-order chi connectivity index (χ0) is 21.5. The van der Waals surface area contributed by atoms with Crippen LogP contribution in [0.5, 0.6) is 0 Å². The Balaban J connectivity index is 1.53. The number of rotatable bonds is 5. The van der Waals surface area contributed by atoms with E-state index in [-0.39, 0.29) is 19.0 Å². The number of carboxylic acids is 1. The van der Waals surface area contributed by atoms with E-state index in [0.29, 0.717) is 5.56 Å². The van der Waals surface area contributed by atoms with E-state index in [1.165, 1.54) is 22.1 Å². The number of carbonyl (C=O) groups is 2. The molecule has 2 heterocycles. The maximum atomic E-state index is 13.3. The van der Waals surface area contributed by atoms with E-state index in [4.69, 9.17) is 4.84 Å². The lowest BCUT2D eigenvalue weighted by atomic mass is 9.88. The van der Waals surface area contributed by atoms with E-state index in [0.717, 1.165) is 22.3 Å². The molecule has 3 aromatic carbocycles. The molecule has 6 nitrogen and oxygen atoms in total. The number of hydroxylamine groups is 2. The fourth-order valence-electron chi connectivity index (χ4n) is 4.27. The largest absolute Gasteiger partial charge is 0.479 e. The van der Waals surface area contributed by atoms with Crippen LogP contribution in [-0.2, 0) is 16.2 Å². The van der Waals surface area contributed by atoms with Crippen molar-refractivity contribution in [3.63, 3.8) is 0 Å². The predicted molar refractivity (Wildman–Crippen MR) is 110 cm³/mol. The van der Waals surface area contributed by atoms with Crippen LogP contribution in [0.3, 0.4) is 0 Å². The van der Waals surface area contributed by atoms with Crippen LogP contribution in [0.2, 0.25) is 0 Å². The summed E-state index contributed by atoms with van der Waals surface area (Å²) >= 11 is 0. The van der Waals surface area contributed by atoms with Gasteiger partial charge in [-0.05, 0) is 46.0 Å². The van der Waals surface area contributed by atoms with Gasteiger partial charge in [0.05, 0.1) is 6.54 Å². The maximum Gasteiger partial charge on any atom is 0.345 e. The average molecular weight is 418 g/mol. The van der Waals surface area contributed by atoms with Crippen molar-refractivity contribution in [3.8, 4) is 11.1 Å². The summed E-state index contributed by atoms with van der Waals surface area (Å²) in [5, 5.41) is 11.1. The number of nitrogens with zero attached hydrogens (tertiary/aromatic N) is 2. The third kappa shape index (κ3) is 3.33. The van der Waals surface area contributed by atoms with Gasteiger partial charge in [0.25, 0.3) is 0 Å². The van der Waals surface area contributed by atoms with Crippen LogP contribution in [0, 0.1) is 5.82 Å². The molecule has 1 N–H and O–H groups in total. The molecule has 0 saturated carbocycles. The molecule has 2 atom stereocenters. The Morgan fingerprint density at radius 1 is 1.00 bits per heavy atom. The second kappa shape index (κ2) is 7.52. The third-order valence-electron chi connectivity index (χ3n) is 5.76. The van der Waals surface area contributed by atoms with Gasteiger partial charge in [-0.1, -0.05) is 54.6 Å². The van der Waals surface area contributed by atoms with E-state index in [1.807, 2.05) is 36.4 Å². The highest BCUT2D eigenvalue weighted by molar-refractivity contribution is 5.87. The van der Waals surface area contributed by atoms with Crippen molar-refractivity contribution >= 4 is 12.0 Å². The summed E-state index contributed by atoms with van der Waals surface area (Å²) in [7, 11) is 0. The molecule has 5 rings (SSSR count). The smallest absolute Gasteiger partial charge is 0.345 e. The second-order valence-corrected chi connectivity index (χ2v) is 7.63. The topological polar surface area (TPSA) is 70.1 Å². The van der Waals surface area contributed by atoms with Crippen molar-refractivity contribution in [2.24, 2.45) is 0 Å². The highest BCUT2D eigenvalue weighted by Crippen LogP contribution is 2.45. The van der Waals surface area contributed by atoms with Gasteiger partial charge in [0.15, 0.2) is 6.04 Å². The lowest BCUT2D eigenvalue weighted by Gasteiger charge is -2.30. The molecule has 7 heteroatoms. The summed E-state index contributed by atoms with van der Waals surface area (Å²) in [6, 6.07) is 19.0. The van der Waals surface area contributed by atoms with E-state index in [1.54, 1.807) is 24.3 Å². The fourth-order valence-corrected chi connectivity index (χ4v) is 4.27. The number of hydrogen-bond acceptors (Lipinski definition) is 3. The summed E-state index contributed by atoms with van der Waals surface area (Å²) in [6.45, 7) is 0.423. The molecule has 2 aliphatic heterocycles. The van der Waals surface area contributed by atoms with Crippen molar-refractivity contribution in [1.29, 1.82) is 0 Å². The molecule has 1 fully saturated rings. The first-order valence-electron chi connectivity index (χ1n) is 9.92. The number of carboxylic acid groups (broad SMARTS) is 1. The second-order valence-electron chi connectivity index (χ2n) is 7.63. The monoisotopic (exact) mass is 418 g/mol. The number of urea groups is 1. The Morgan fingerprint density at radius 2 is 1.71 bits per heavy atom. The van der Waals surface area contributed by atoms with Crippen LogP contribution >= 0.6 is 0 Å². The van der Waals surface area contributed by atoms with Crippen molar-refractivity contribution < 1.29 is 23.9 Å². The lowest BCUT2D eigenvalue weighted by molar-refractivity contribution is -0.143. The number of hydrogen-bond donors (Lipinski definition) is 1. The Hall–Kier alpha value is -3.71. The highest BCUT2D eigenvalue weighted by atomic mass is 19.1. The minimum Gasteiger partial charge on any atom is -0.479 e. The molecule has 0 aromatic heterocycles. The molecule has 2 bridgehead atoms. The van der Waals surface area contributed by atoms with Crippen LogP contribution in [0.4, 0.5) is 9.18 Å². The first-order chi connectivity index (χ1) is 15.0. The summed E-state index contributed by atoms with van der Waals surface area (Å²) in [5.41, 5.74) is 3.82. The number of benzene rings is 3. The van der Waals surface area contributed by atoms with Crippen LogP contribution in [-0.4, -0.2) is 33.6 Å². The van der Waals surface area contributed by atoms with Gasteiger partial charge >= 0.3 is 12.0 Å². The van der Waals surface area contributed by atoms with Crippen LogP contribution in [0.1, 0.15) is 28.8 Å². The van der Waals surface area contributed by atoms with E-state index in [9.17, 15) is 19.1 Å². The molecule has 1 saturated heterocycles. The zero-order valence-electron chi connectivity index (χ0n) is 16.4. The molecule has 31 heavy (non-hydrogen) atoms. The van der Waals surface area contributed by atoms with Crippen molar-refractivity contribution in [2.45, 2.75) is 18.7 Å². The Labute approximate surface area is 178 Å². The molecule has 0 spiro atoms. The number of halogens is 1. The van der Waals surface area contributed by atoms with Crippen LogP contribution in [0.25, 0.3) is 11.1 Å². The Morgan fingerprint density at radius 3 is 2.42 bits per heavy atom. The molecule has 0 radical (unpaired) electrons. The molecule has 156 valence electrons. The normalized spacial score (nSPS) is 19.5.